The lowest BCUT2D eigenvalue weighted by molar-refractivity contribution is -0.0964. The van der Waals surface area contributed by atoms with Gasteiger partial charge in [-0.2, -0.15) is 0 Å². The highest BCUT2D eigenvalue weighted by molar-refractivity contribution is 7.09. The Balaban J connectivity index is 2.03. The SMILES string of the molecule is Cc1nc(CC2(O)CCOC(C)C2)cs1. The second-order valence-electron chi connectivity index (χ2n) is 4.39. The zero-order chi connectivity index (χ0) is 10.9. The Morgan fingerprint density at radius 2 is 2.53 bits per heavy atom. The molecule has 2 unspecified atom stereocenters. The Labute approximate surface area is 94.1 Å². The standard InChI is InChI=1S/C11H17NO2S/c1-8-5-11(13,3-4-14-8)6-10-7-15-9(2)12-10/h7-8,13H,3-6H2,1-2H3. The molecule has 1 aromatic rings. The summed E-state index contributed by atoms with van der Waals surface area (Å²) in [5.41, 5.74) is 0.396. The van der Waals surface area contributed by atoms with Gasteiger partial charge in [0, 0.05) is 24.8 Å². The number of rotatable bonds is 2. The molecule has 0 radical (unpaired) electrons. The fraction of sp³-hybridized carbons (Fsp3) is 0.727. The summed E-state index contributed by atoms with van der Waals surface area (Å²) < 4.78 is 5.44. The number of hydrogen-bond acceptors (Lipinski definition) is 4. The van der Waals surface area contributed by atoms with Crippen LogP contribution in [0.2, 0.25) is 0 Å². The summed E-state index contributed by atoms with van der Waals surface area (Å²) in [6, 6.07) is 0. The van der Waals surface area contributed by atoms with Crippen molar-refractivity contribution in [2.45, 2.75) is 44.8 Å². The molecule has 1 aromatic heterocycles. The molecule has 0 aliphatic carbocycles. The second-order valence-corrected chi connectivity index (χ2v) is 5.46. The highest BCUT2D eigenvalue weighted by atomic mass is 32.1. The number of thiazole rings is 1. The van der Waals surface area contributed by atoms with Crippen LogP contribution in [-0.4, -0.2) is 28.4 Å². The van der Waals surface area contributed by atoms with Crippen LogP contribution < -0.4 is 0 Å². The maximum Gasteiger partial charge on any atom is 0.0897 e. The van der Waals surface area contributed by atoms with Gasteiger partial charge < -0.3 is 9.84 Å². The van der Waals surface area contributed by atoms with E-state index < -0.39 is 5.60 Å². The van der Waals surface area contributed by atoms with Crippen LogP contribution in [0.5, 0.6) is 0 Å². The fourth-order valence-electron chi connectivity index (χ4n) is 2.13. The minimum atomic E-state index is -0.613. The van der Waals surface area contributed by atoms with Gasteiger partial charge in [0.2, 0.25) is 0 Å². The van der Waals surface area contributed by atoms with Crippen molar-refractivity contribution < 1.29 is 9.84 Å². The van der Waals surface area contributed by atoms with Crippen LogP contribution >= 0.6 is 11.3 Å². The van der Waals surface area contributed by atoms with E-state index in [0.717, 1.165) is 10.7 Å². The molecule has 1 aliphatic rings. The topological polar surface area (TPSA) is 42.4 Å². The number of nitrogens with zero attached hydrogens (tertiary/aromatic N) is 1. The summed E-state index contributed by atoms with van der Waals surface area (Å²) >= 11 is 1.64. The largest absolute Gasteiger partial charge is 0.389 e. The summed E-state index contributed by atoms with van der Waals surface area (Å²) in [7, 11) is 0. The average molecular weight is 227 g/mol. The van der Waals surface area contributed by atoms with E-state index >= 15 is 0 Å². The quantitative estimate of drug-likeness (QED) is 0.839. The number of hydrogen-bond donors (Lipinski definition) is 1. The maximum atomic E-state index is 10.4. The third-order valence-electron chi connectivity index (χ3n) is 2.81. The van der Waals surface area contributed by atoms with Crippen LogP contribution in [0.1, 0.15) is 30.5 Å². The van der Waals surface area contributed by atoms with E-state index in [1.807, 2.05) is 19.2 Å². The van der Waals surface area contributed by atoms with E-state index in [-0.39, 0.29) is 6.10 Å². The van der Waals surface area contributed by atoms with Crippen LogP contribution in [-0.2, 0) is 11.2 Å². The lowest BCUT2D eigenvalue weighted by Gasteiger charge is -2.35. The van der Waals surface area contributed by atoms with Crippen molar-refractivity contribution in [2.24, 2.45) is 0 Å². The van der Waals surface area contributed by atoms with E-state index in [4.69, 9.17) is 4.74 Å². The van der Waals surface area contributed by atoms with E-state index in [2.05, 4.69) is 4.98 Å². The minimum absolute atomic E-state index is 0.156. The number of aliphatic hydroxyl groups is 1. The van der Waals surface area contributed by atoms with Gasteiger partial charge in [-0.3, -0.25) is 0 Å². The number of aromatic nitrogens is 1. The average Bonchev–Trinajstić information content (AvgIpc) is 2.49. The first kappa shape index (κ1) is 11.0. The highest BCUT2D eigenvalue weighted by Crippen LogP contribution is 2.28. The lowest BCUT2D eigenvalue weighted by Crippen LogP contribution is -2.41. The van der Waals surface area contributed by atoms with E-state index in [1.165, 1.54) is 0 Å². The summed E-state index contributed by atoms with van der Waals surface area (Å²) in [6.45, 7) is 4.65. The first-order valence-electron chi connectivity index (χ1n) is 5.32. The number of ether oxygens (including phenoxy) is 1. The fourth-order valence-corrected chi connectivity index (χ4v) is 2.75. The molecule has 2 heterocycles. The zero-order valence-corrected chi connectivity index (χ0v) is 10.0. The molecule has 0 spiro atoms. The molecule has 2 atom stereocenters. The molecule has 84 valence electrons. The molecular formula is C11H17NO2S. The first-order valence-corrected chi connectivity index (χ1v) is 6.20. The Morgan fingerprint density at radius 3 is 3.13 bits per heavy atom. The highest BCUT2D eigenvalue weighted by Gasteiger charge is 2.33. The first-order chi connectivity index (χ1) is 7.07. The van der Waals surface area contributed by atoms with Crippen molar-refractivity contribution >= 4 is 11.3 Å². The monoisotopic (exact) mass is 227 g/mol. The van der Waals surface area contributed by atoms with E-state index in [1.54, 1.807) is 11.3 Å². The Hall–Kier alpha value is -0.450. The van der Waals surface area contributed by atoms with Crippen molar-refractivity contribution in [1.29, 1.82) is 0 Å². The van der Waals surface area contributed by atoms with Crippen molar-refractivity contribution in [3.05, 3.63) is 16.1 Å². The predicted octanol–water partition coefficient (Wildman–Crippen LogP) is 1.92. The summed E-state index contributed by atoms with van der Waals surface area (Å²) in [5, 5.41) is 13.5. The minimum Gasteiger partial charge on any atom is -0.389 e. The second kappa shape index (κ2) is 4.20. The molecule has 1 fully saturated rings. The molecule has 0 saturated carbocycles. The van der Waals surface area contributed by atoms with Gasteiger partial charge in [0.1, 0.15) is 0 Å². The van der Waals surface area contributed by atoms with Crippen molar-refractivity contribution in [3.8, 4) is 0 Å². The van der Waals surface area contributed by atoms with Gasteiger partial charge in [0.15, 0.2) is 0 Å². The third kappa shape index (κ3) is 2.77. The van der Waals surface area contributed by atoms with Gasteiger partial charge in [-0.15, -0.1) is 11.3 Å². The van der Waals surface area contributed by atoms with Crippen LogP contribution in [0, 0.1) is 6.92 Å². The Bertz CT molecular complexity index is 339. The summed E-state index contributed by atoms with van der Waals surface area (Å²) in [4.78, 5) is 4.39. The van der Waals surface area contributed by atoms with Crippen molar-refractivity contribution in [2.75, 3.05) is 6.61 Å². The molecular weight excluding hydrogens is 210 g/mol. The van der Waals surface area contributed by atoms with Gasteiger partial charge in [-0.25, -0.2) is 4.98 Å². The van der Waals surface area contributed by atoms with E-state index in [9.17, 15) is 5.11 Å². The predicted molar refractivity (Wildman–Crippen MR) is 60.2 cm³/mol. The molecule has 1 aliphatic heterocycles. The molecule has 4 heteroatoms. The van der Waals surface area contributed by atoms with Gasteiger partial charge >= 0.3 is 0 Å². The van der Waals surface area contributed by atoms with Crippen LogP contribution in [0.4, 0.5) is 0 Å². The molecule has 1 N–H and O–H groups in total. The van der Waals surface area contributed by atoms with Gasteiger partial charge in [0.05, 0.1) is 22.4 Å². The summed E-state index contributed by atoms with van der Waals surface area (Å²) in [6.07, 6.45) is 2.24. The van der Waals surface area contributed by atoms with E-state index in [0.29, 0.717) is 25.9 Å². The Kier molecular flexibility index (Phi) is 3.09. The molecule has 0 amide bonds. The molecule has 0 aromatic carbocycles. The molecule has 0 bridgehead atoms. The van der Waals surface area contributed by atoms with Crippen LogP contribution in [0.25, 0.3) is 0 Å². The molecule has 3 nitrogen and oxygen atoms in total. The zero-order valence-electron chi connectivity index (χ0n) is 9.19. The van der Waals surface area contributed by atoms with Crippen LogP contribution in [0.3, 0.4) is 0 Å². The molecule has 2 rings (SSSR count). The molecule has 1 saturated heterocycles. The van der Waals surface area contributed by atoms with Gasteiger partial charge in [-0.05, 0) is 20.3 Å². The smallest absolute Gasteiger partial charge is 0.0897 e. The summed E-state index contributed by atoms with van der Waals surface area (Å²) in [5.74, 6) is 0. The molecule has 15 heavy (non-hydrogen) atoms. The van der Waals surface area contributed by atoms with Crippen LogP contribution in [0.15, 0.2) is 5.38 Å². The normalized spacial score (nSPS) is 31.8. The van der Waals surface area contributed by atoms with Crippen molar-refractivity contribution in [3.63, 3.8) is 0 Å². The third-order valence-corrected chi connectivity index (χ3v) is 3.64. The van der Waals surface area contributed by atoms with Crippen molar-refractivity contribution in [1.82, 2.24) is 4.98 Å². The van der Waals surface area contributed by atoms with Gasteiger partial charge in [-0.1, -0.05) is 0 Å². The number of aryl methyl sites for hydroxylation is 1. The maximum absolute atomic E-state index is 10.4. The Morgan fingerprint density at radius 1 is 1.73 bits per heavy atom. The van der Waals surface area contributed by atoms with Gasteiger partial charge in [0.25, 0.3) is 0 Å². The lowest BCUT2D eigenvalue weighted by atomic mass is 9.87.